The van der Waals surface area contributed by atoms with Gasteiger partial charge in [0, 0.05) is 17.8 Å². The van der Waals surface area contributed by atoms with Crippen molar-refractivity contribution in [3.05, 3.63) is 21.0 Å². The summed E-state index contributed by atoms with van der Waals surface area (Å²) in [4.78, 5) is 12.6. The number of anilines is 1. The van der Waals surface area contributed by atoms with Gasteiger partial charge in [-0.05, 0) is 53.8 Å². The molecule has 0 bridgehead atoms. The number of nitrogens with one attached hydrogen (secondary N) is 1. The number of thioether (sulfide) groups is 1. The largest absolute Gasteiger partial charge is 0.378 e. The minimum absolute atomic E-state index is 0.00634. The highest BCUT2D eigenvalue weighted by Crippen LogP contribution is 2.42. The molecule has 0 spiro atoms. The fourth-order valence-corrected chi connectivity index (χ4v) is 4.27. The van der Waals surface area contributed by atoms with Crippen LogP contribution in [0.25, 0.3) is 0 Å². The Hall–Kier alpha value is -0.490. The summed E-state index contributed by atoms with van der Waals surface area (Å²) in [5.74, 6) is 0.633. The summed E-state index contributed by atoms with van der Waals surface area (Å²) >= 11 is 5.38. The topological polar surface area (TPSA) is 46.9 Å². The molecule has 3 rings (SSSR count). The zero-order valence-electron chi connectivity index (χ0n) is 12.4. The lowest BCUT2D eigenvalue weighted by Gasteiger charge is -2.40. The van der Waals surface area contributed by atoms with Crippen molar-refractivity contribution < 1.29 is 0 Å². The molecule has 0 amide bonds. The van der Waals surface area contributed by atoms with Gasteiger partial charge in [0.15, 0.2) is 0 Å². The zero-order chi connectivity index (χ0) is 14.9. The van der Waals surface area contributed by atoms with Crippen LogP contribution in [0, 0.1) is 5.92 Å². The van der Waals surface area contributed by atoms with Gasteiger partial charge in [-0.25, -0.2) is 4.68 Å². The van der Waals surface area contributed by atoms with Crippen LogP contribution in [-0.2, 0) is 6.54 Å². The fourth-order valence-electron chi connectivity index (χ4n) is 2.95. The molecule has 1 N–H and O–H groups in total. The Bertz CT molecular complexity index is 561. The second-order valence-electron chi connectivity index (χ2n) is 6.25. The number of hydrogen-bond acceptors (Lipinski definition) is 4. The average molecular weight is 372 g/mol. The number of hydrogen-bond donors (Lipinski definition) is 1. The number of aromatic nitrogens is 2. The molecule has 1 heterocycles. The van der Waals surface area contributed by atoms with Gasteiger partial charge in [0.2, 0.25) is 0 Å². The summed E-state index contributed by atoms with van der Waals surface area (Å²) < 4.78 is 2.71. The predicted octanol–water partition coefficient (Wildman–Crippen LogP) is 3.50. The number of nitrogens with zero attached hydrogens (tertiary/aromatic N) is 2. The second kappa shape index (κ2) is 6.32. The third kappa shape index (κ3) is 3.16. The number of rotatable bonds is 6. The van der Waals surface area contributed by atoms with Crippen molar-refractivity contribution in [3.8, 4) is 0 Å². The Morgan fingerprint density at radius 3 is 2.76 bits per heavy atom. The van der Waals surface area contributed by atoms with E-state index >= 15 is 0 Å². The molecule has 0 radical (unpaired) electrons. The highest BCUT2D eigenvalue weighted by atomic mass is 79.9. The first kappa shape index (κ1) is 15.4. The Kier molecular flexibility index (Phi) is 4.64. The molecule has 116 valence electrons. The van der Waals surface area contributed by atoms with Gasteiger partial charge in [0.25, 0.3) is 5.56 Å². The normalized spacial score (nSPS) is 20.7. The monoisotopic (exact) mass is 371 g/mol. The van der Waals surface area contributed by atoms with Gasteiger partial charge in [-0.3, -0.25) is 4.79 Å². The van der Waals surface area contributed by atoms with Crippen molar-refractivity contribution in [1.82, 2.24) is 9.78 Å². The van der Waals surface area contributed by atoms with Gasteiger partial charge in [-0.1, -0.05) is 12.8 Å². The van der Waals surface area contributed by atoms with Gasteiger partial charge >= 0.3 is 0 Å². The zero-order valence-corrected chi connectivity index (χ0v) is 14.8. The fraction of sp³-hybridized carbons (Fsp3) is 0.733. The van der Waals surface area contributed by atoms with E-state index in [1.54, 1.807) is 10.9 Å². The Morgan fingerprint density at radius 2 is 2.24 bits per heavy atom. The molecular weight excluding hydrogens is 350 g/mol. The van der Waals surface area contributed by atoms with Crippen molar-refractivity contribution in [2.45, 2.75) is 49.8 Å². The van der Waals surface area contributed by atoms with Crippen molar-refractivity contribution in [1.29, 1.82) is 0 Å². The smallest absolute Gasteiger partial charge is 0.291 e. The quantitative estimate of drug-likeness (QED) is 0.830. The van der Waals surface area contributed by atoms with Crippen LogP contribution >= 0.6 is 27.7 Å². The first-order valence-electron chi connectivity index (χ1n) is 7.68. The van der Waals surface area contributed by atoms with Crippen molar-refractivity contribution in [2.24, 2.45) is 5.92 Å². The summed E-state index contributed by atoms with van der Waals surface area (Å²) in [6.45, 7) is 1.61. The van der Waals surface area contributed by atoms with E-state index < -0.39 is 0 Å². The molecule has 2 aliphatic carbocycles. The van der Waals surface area contributed by atoms with E-state index in [1.165, 1.54) is 38.5 Å². The van der Waals surface area contributed by atoms with Crippen LogP contribution < -0.4 is 10.9 Å². The van der Waals surface area contributed by atoms with Crippen LogP contribution in [0.15, 0.2) is 15.5 Å². The molecule has 2 saturated carbocycles. The van der Waals surface area contributed by atoms with Gasteiger partial charge < -0.3 is 5.32 Å². The first-order valence-corrected chi connectivity index (χ1v) is 9.70. The maximum absolute atomic E-state index is 12.6. The maximum atomic E-state index is 12.6. The summed E-state index contributed by atoms with van der Waals surface area (Å²) in [7, 11) is 0. The first-order chi connectivity index (χ1) is 10.1. The maximum Gasteiger partial charge on any atom is 0.291 e. The van der Waals surface area contributed by atoms with Crippen LogP contribution in [0.1, 0.15) is 38.5 Å². The van der Waals surface area contributed by atoms with Gasteiger partial charge in [0.1, 0.15) is 5.69 Å². The standard InChI is InChI=1S/C15H22BrN3OS/c1-21-15(6-3-7-15)10-17-13-12(16)8-18-19(14(13)20)9-11-4-2-5-11/h8,11,17H,2-7,9-10H2,1H3. The van der Waals surface area contributed by atoms with E-state index in [0.717, 1.165) is 17.6 Å². The third-order valence-corrected chi connectivity index (χ3v) is 6.96. The summed E-state index contributed by atoms with van der Waals surface area (Å²) in [6.07, 6.45) is 11.4. The molecule has 2 aliphatic rings. The molecule has 0 atom stereocenters. The molecule has 0 aromatic carbocycles. The minimum Gasteiger partial charge on any atom is -0.378 e. The number of halogens is 1. The molecule has 4 nitrogen and oxygen atoms in total. The van der Waals surface area contributed by atoms with E-state index in [1.807, 2.05) is 11.8 Å². The lowest BCUT2D eigenvalue weighted by atomic mass is 9.84. The second-order valence-corrected chi connectivity index (χ2v) is 8.37. The minimum atomic E-state index is 0.00634. The van der Waals surface area contributed by atoms with Crippen LogP contribution in [0.4, 0.5) is 5.69 Å². The predicted molar refractivity (Wildman–Crippen MR) is 92.1 cm³/mol. The van der Waals surface area contributed by atoms with Crippen LogP contribution in [0.2, 0.25) is 0 Å². The summed E-state index contributed by atoms with van der Waals surface area (Å²) in [6, 6.07) is 0. The van der Waals surface area contributed by atoms with E-state index in [2.05, 4.69) is 32.6 Å². The third-order valence-electron chi connectivity index (χ3n) is 4.94. The van der Waals surface area contributed by atoms with Crippen LogP contribution in [0.3, 0.4) is 0 Å². The summed E-state index contributed by atoms with van der Waals surface area (Å²) in [5.41, 5.74) is 0.677. The van der Waals surface area contributed by atoms with Gasteiger partial charge in [-0.15, -0.1) is 0 Å². The van der Waals surface area contributed by atoms with Gasteiger partial charge in [0.05, 0.1) is 10.7 Å². The Morgan fingerprint density at radius 1 is 1.48 bits per heavy atom. The highest BCUT2D eigenvalue weighted by Gasteiger charge is 2.36. The van der Waals surface area contributed by atoms with Crippen LogP contribution in [0.5, 0.6) is 0 Å². The van der Waals surface area contributed by atoms with Crippen molar-refractivity contribution in [3.63, 3.8) is 0 Å². The Balaban J connectivity index is 1.73. The van der Waals surface area contributed by atoms with Crippen molar-refractivity contribution >= 4 is 33.4 Å². The van der Waals surface area contributed by atoms with E-state index in [0.29, 0.717) is 16.4 Å². The van der Waals surface area contributed by atoms with Gasteiger partial charge in [-0.2, -0.15) is 16.9 Å². The molecule has 0 saturated heterocycles. The molecule has 21 heavy (non-hydrogen) atoms. The van der Waals surface area contributed by atoms with E-state index in [4.69, 9.17) is 0 Å². The molecule has 0 aliphatic heterocycles. The average Bonchev–Trinajstić information content (AvgIpc) is 2.38. The summed E-state index contributed by atoms with van der Waals surface area (Å²) in [5, 5.41) is 7.65. The Labute approximate surface area is 138 Å². The molecule has 6 heteroatoms. The molecular formula is C15H22BrN3OS. The van der Waals surface area contributed by atoms with Crippen molar-refractivity contribution in [2.75, 3.05) is 18.1 Å². The molecule has 2 fully saturated rings. The van der Waals surface area contributed by atoms with E-state index in [9.17, 15) is 4.79 Å². The lowest BCUT2D eigenvalue weighted by molar-refractivity contribution is 0.262. The lowest BCUT2D eigenvalue weighted by Crippen LogP contribution is -2.41. The van der Waals surface area contributed by atoms with Crippen LogP contribution in [-0.4, -0.2) is 27.3 Å². The molecule has 1 aromatic rings. The SMILES string of the molecule is CSC1(CNc2c(Br)cnn(CC3CCC3)c2=O)CCC1. The highest BCUT2D eigenvalue weighted by molar-refractivity contribution is 9.10. The molecule has 1 aromatic heterocycles. The van der Waals surface area contributed by atoms with E-state index in [-0.39, 0.29) is 5.56 Å². The molecule has 0 unspecified atom stereocenters.